The summed E-state index contributed by atoms with van der Waals surface area (Å²) in [5, 5.41) is 5.08. The molecule has 0 bridgehead atoms. The molecule has 3 aromatic heterocycles. The number of hydrogen-bond donors (Lipinski definition) is 0. The van der Waals surface area contributed by atoms with Crippen LogP contribution in [0.15, 0.2) is 65.6 Å². The van der Waals surface area contributed by atoms with E-state index in [9.17, 15) is 4.79 Å². The lowest BCUT2D eigenvalue weighted by Crippen LogP contribution is -2.41. The number of rotatable bonds is 4. The molecule has 0 atom stereocenters. The fourth-order valence-electron chi connectivity index (χ4n) is 3.92. The van der Waals surface area contributed by atoms with Crippen molar-refractivity contribution in [3.05, 3.63) is 66.7 Å². The first-order valence-electron chi connectivity index (χ1n) is 10.1. The number of likely N-dealkylation sites (tertiary alicyclic amines) is 1. The van der Waals surface area contributed by atoms with Gasteiger partial charge in [-0.05, 0) is 30.3 Å². The Morgan fingerprint density at radius 3 is 2.83 bits per heavy atom. The molecule has 4 aromatic rings. The average molecular weight is 402 g/mol. The highest BCUT2D eigenvalue weighted by atomic mass is 16.5. The van der Waals surface area contributed by atoms with E-state index < -0.39 is 0 Å². The monoisotopic (exact) mass is 402 g/mol. The summed E-state index contributed by atoms with van der Waals surface area (Å²) in [4.78, 5) is 18.7. The first-order chi connectivity index (χ1) is 14.7. The number of fused-ring (bicyclic) bond motifs is 1. The van der Waals surface area contributed by atoms with Crippen LogP contribution in [0.25, 0.3) is 22.2 Å². The minimum absolute atomic E-state index is 0.0862. The molecule has 1 amide bonds. The highest BCUT2D eigenvalue weighted by molar-refractivity contribution is 5.93. The van der Waals surface area contributed by atoms with Crippen molar-refractivity contribution in [2.75, 3.05) is 13.1 Å². The van der Waals surface area contributed by atoms with Gasteiger partial charge < -0.3 is 18.7 Å². The summed E-state index contributed by atoms with van der Waals surface area (Å²) in [5.41, 5.74) is 2.27. The topological polar surface area (TPSA) is 73.4 Å². The average Bonchev–Trinajstić information content (AvgIpc) is 3.43. The van der Waals surface area contributed by atoms with Crippen LogP contribution in [0.5, 0.6) is 5.75 Å². The Kier molecular flexibility index (Phi) is 4.71. The van der Waals surface area contributed by atoms with E-state index in [1.807, 2.05) is 42.4 Å². The lowest BCUT2D eigenvalue weighted by Gasteiger charge is -2.31. The second kappa shape index (κ2) is 7.67. The minimum Gasteiger partial charge on any atom is -0.490 e. The van der Waals surface area contributed by atoms with E-state index in [0.717, 1.165) is 35.1 Å². The fourth-order valence-corrected chi connectivity index (χ4v) is 3.92. The quantitative estimate of drug-likeness (QED) is 0.517. The van der Waals surface area contributed by atoms with Crippen molar-refractivity contribution in [3.63, 3.8) is 0 Å². The van der Waals surface area contributed by atoms with Crippen molar-refractivity contribution < 1.29 is 14.1 Å². The second-order valence-electron chi connectivity index (χ2n) is 7.54. The van der Waals surface area contributed by atoms with Crippen LogP contribution in [0.4, 0.5) is 0 Å². The molecule has 0 unspecified atom stereocenters. The number of hydrogen-bond acceptors (Lipinski definition) is 5. The van der Waals surface area contributed by atoms with Crippen molar-refractivity contribution in [2.24, 2.45) is 7.05 Å². The third-order valence-electron chi connectivity index (χ3n) is 5.59. The van der Waals surface area contributed by atoms with E-state index in [-0.39, 0.29) is 12.0 Å². The zero-order valence-electron chi connectivity index (χ0n) is 16.7. The number of amides is 1. The predicted molar refractivity (Wildman–Crippen MR) is 112 cm³/mol. The van der Waals surface area contributed by atoms with E-state index in [4.69, 9.17) is 9.26 Å². The predicted octanol–water partition coefficient (Wildman–Crippen LogP) is 3.91. The first kappa shape index (κ1) is 18.4. The molecule has 30 heavy (non-hydrogen) atoms. The SMILES string of the molecule is Cn1ccc2c(OC3CCN(C(=O)c4cc(-c5cccnc5)on4)CC3)cccc21. The summed E-state index contributed by atoms with van der Waals surface area (Å²) >= 11 is 0. The summed E-state index contributed by atoms with van der Waals surface area (Å²) in [6.45, 7) is 1.26. The van der Waals surface area contributed by atoms with Crippen LogP contribution in [-0.2, 0) is 7.05 Å². The standard InChI is InChI=1S/C23H22N4O3/c1-26-11-9-18-20(26)5-2-6-21(18)29-17-7-12-27(13-8-17)23(28)19-14-22(30-25-19)16-4-3-10-24-15-16/h2-6,9-11,14-15,17H,7-8,12-13H2,1H3. The zero-order valence-corrected chi connectivity index (χ0v) is 16.7. The van der Waals surface area contributed by atoms with E-state index >= 15 is 0 Å². The van der Waals surface area contributed by atoms with E-state index in [1.165, 1.54) is 0 Å². The van der Waals surface area contributed by atoms with Crippen molar-refractivity contribution in [3.8, 4) is 17.1 Å². The molecule has 1 saturated heterocycles. The normalized spacial score (nSPS) is 14.9. The summed E-state index contributed by atoms with van der Waals surface area (Å²) in [5.74, 6) is 1.33. The van der Waals surface area contributed by atoms with Gasteiger partial charge in [0.1, 0.15) is 11.9 Å². The molecule has 7 nitrogen and oxygen atoms in total. The summed E-state index contributed by atoms with van der Waals surface area (Å²) in [6, 6.07) is 13.6. The number of carbonyl (C=O) groups excluding carboxylic acids is 1. The van der Waals surface area contributed by atoms with Crippen LogP contribution in [0.2, 0.25) is 0 Å². The van der Waals surface area contributed by atoms with Crippen LogP contribution in [0, 0.1) is 0 Å². The highest BCUT2D eigenvalue weighted by Crippen LogP contribution is 2.29. The van der Waals surface area contributed by atoms with Gasteiger partial charge in [-0.1, -0.05) is 11.2 Å². The van der Waals surface area contributed by atoms with E-state index in [1.54, 1.807) is 18.5 Å². The van der Waals surface area contributed by atoms with Gasteiger partial charge in [0.05, 0.1) is 5.52 Å². The van der Waals surface area contributed by atoms with Gasteiger partial charge in [-0.15, -0.1) is 0 Å². The van der Waals surface area contributed by atoms with Crippen LogP contribution >= 0.6 is 0 Å². The number of carbonyl (C=O) groups is 1. The van der Waals surface area contributed by atoms with Gasteiger partial charge in [0.25, 0.3) is 5.91 Å². The molecule has 5 rings (SSSR count). The molecule has 0 saturated carbocycles. The Balaban J connectivity index is 1.23. The number of aryl methyl sites for hydroxylation is 1. The maximum Gasteiger partial charge on any atom is 0.276 e. The van der Waals surface area contributed by atoms with Crippen molar-refractivity contribution in [1.29, 1.82) is 0 Å². The molecule has 0 spiro atoms. The Morgan fingerprint density at radius 1 is 1.17 bits per heavy atom. The molecular weight excluding hydrogens is 380 g/mol. The highest BCUT2D eigenvalue weighted by Gasteiger charge is 2.27. The third kappa shape index (κ3) is 3.43. The molecule has 0 radical (unpaired) electrons. The Hall–Kier alpha value is -3.61. The maximum absolute atomic E-state index is 12.8. The van der Waals surface area contributed by atoms with E-state index in [2.05, 4.69) is 26.8 Å². The summed E-state index contributed by atoms with van der Waals surface area (Å²) in [6.07, 6.45) is 7.06. The van der Waals surface area contributed by atoms with Gasteiger partial charge in [0.2, 0.25) is 0 Å². The molecule has 1 aromatic carbocycles. The molecule has 152 valence electrons. The molecular formula is C23H22N4O3. The van der Waals surface area contributed by atoms with Crippen molar-refractivity contribution >= 4 is 16.8 Å². The van der Waals surface area contributed by atoms with Gasteiger partial charge in [0.15, 0.2) is 11.5 Å². The number of nitrogens with zero attached hydrogens (tertiary/aromatic N) is 4. The molecule has 7 heteroatoms. The number of aromatic nitrogens is 3. The number of benzene rings is 1. The van der Waals surface area contributed by atoms with Gasteiger partial charge in [0, 0.05) is 68.6 Å². The van der Waals surface area contributed by atoms with Crippen molar-refractivity contribution in [2.45, 2.75) is 18.9 Å². The zero-order chi connectivity index (χ0) is 20.5. The Bertz CT molecular complexity index is 1170. The van der Waals surface area contributed by atoms with Gasteiger partial charge in [-0.3, -0.25) is 9.78 Å². The third-order valence-corrected chi connectivity index (χ3v) is 5.59. The van der Waals surface area contributed by atoms with Crippen molar-refractivity contribution in [1.82, 2.24) is 19.6 Å². The smallest absolute Gasteiger partial charge is 0.276 e. The second-order valence-corrected chi connectivity index (χ2v) is 7.54. The van der Waals surface area contributed by atoms with Crippen LogP contribution in [0.1, 0.15) is 23.3 Å². The van der Waals surface area contributed by atoms with Crippen LogP contribution < -0.4 is 4.74 Å². The fraction of sp³-hybridized carbons (Fsp3) is 0.261. The Morgan fingerprint density at radius 2 is 2.03 bits per heavy atom. The molecule has 0 N–H and O–H groups in total. The molecule has 1 aliphatic heterocycles. The van der Waals surface area contributed by atoms with Crippen LogP contribution in [0.3, 0.4) is 0 Å². The van der Waals surface area contributed by atoms with Crippen LogP contribution in [-0.4, -0.2) is 44.7 Å². The number of ether oxygens (including phenoxy) is 1. The first-order valence-corrected chi connectivity index (χ1v) is 10.1. The largest absolute Gasteiger partial charge is 0.490 e. The minimum atomic E-state index is -0.113. The lowest BCUT2D eigenvalue weighted by molar-refractivity contribution is 0.0588. The molecule has 1 aliphatic rings. The molecule has 4 heterocycles. The van der Waals surface area contributed by atoms with Gasteiger partial charge in [-0.25, -0.2) is 0 Å². The summed E-state index contributed by atoms with van der Waals surface area (Å²) in [7, 11) is 2.03. The maximum atomic E-state index is 12.8. The number of piperidine rings is 1. The number of pyridine rings is 1. The van der Waals surface area contributed by atoms with Gasteiger partial charge in [-0.2, -0.15) is 0 Å². The summed E-state index contributed by atoms with van der Waals surface area (Å²) < 4.78 is 13.7. The molecule has 0 aliphatic carbocycles. The Labute approximate surface area is 173 Å². The van der Waals surface area contributed by atoms with E-state index in [0.29, 0.717) is 24.5 Å². The lowest BCUT2D eigenvalue weighted by atomic mass is 10.1. The molecule has 1 fully saturated rings. The van der Waals surface area contributed by atoms with Gasteiger partial charge >= 0.3 is 0 Å².